The molecule has 0 spiro atoms. The van der Waals surface area contributed by atoms with Crippen molar-refractivity contribution in [1.29, 1.82) is 0 Å². The number of aromatic nitrogens is 6. The summed E-state index contributed by atoms with van der Waals surface area (Å²) in [5, 5.41) is 8.27. The molecule has 0 amide bonds. The van der Waals surface area contributed by atoms with Crippen molar-refractivity contribution in [3.63, 3.8) is 0 Å². The fraction of sp³-hybridized carbons (Fsp3) is 0. The number of hydrogen-bond acceptors (Lipinski definition) is 3. The van der Waals surface area contributed by atoms with Crippen molar-refractivity contribution >= 4 is 82.1 Å². The number of hydrogen-bond donors (Lipinski definition) is 0. The van der Waals surface area contributed by atoms with Gasteiger partial charge >= 0.3 is 0 Å². The Balaban J connectivity index is 1.41. The van der Waals surface area contributed by atoms with Crippen LogP contribution >= 0.6 is 0 Å². The summed E-state index contributed by atoms with van der Waals surface area (Å²) in [6, 6.07) is 45.6. The predicted molar refractivity (Wildman–Crippen MR) is 192 cm³/mol. The first-order chi connectivity index (χ1) is 23.3. The minimum absolute atomic E-state index is 0.729. The lowest BCUT2D eigenvalue weighted by Gasteiger charge is -2.11. The van der Waals surface area contributed by atoms with E-state index in [-0.39, 0.29) is 0 Å². The lowest BCUT2D eigenvalue weighted by Crippen LogP contribution is -1.96. The largest absolute Gasteiger partial charge is 0.309 e. The topological polar surface area (TPSA) is 52.9 Å². The summed E-state index contributed by atoms with van der Waals surface area (Å²) in [7, 11) is 0. The third-order valence-electron chi connectivity index (χ3n) is 9.74. The number of fused-ring (bicyclic) bond motifs is 15. The highest BCUT2D eigenvalue weighted by molar-refractivity contribution is 6.32. The van der Waals surface area contributed by atoms with Crippen molar-refractivity contribution in [3.05, 3.63) is 146 Å². The number of para-hydroxylation sites is 3. The maximum atomic E-state index is 5.09. The van der Waals surface area contributed by atoms with Crippen molar-refractivity contribution in [3.8, 4) is 11.4 Å². The van der Waals surface area contributed by atoms with Gasteiger partial charge in [0.25, 0.3) is 0 Å². The summed E-state index contributed by atoms with van der Waals surface area (Å²) in [4.78, 5) is 14.3. The molecule has 0 unspecified atom stereocenters. The number of rotatable bonds is 2. The standard InChI is InChI=1S/C41H24N6/c1-3-10-25(11-4-1)45-32-15-8-7-14-27(32)30-22-31-36(23-35(30)45)46(26-12-5-2-6-13-26)33-18-17-29-38(39(31)33)28-19-21-42-24-37(28)47-34-16-9-20-43-40(34)44-41(29)47/h1-24H. The van der Waals surface area contributed by atoms with Gasteiger partial charge in [0.15, 0.2) is 5.65 Å². The minimum Gasteiger partial charge on any atom is -0.309 e. The van der Waals surface area contributed by atoms with Crippen molar-refractivity contribution in [1.82, 2.24) is 28.5 Å². The molecular weight excluding hydrogens is 576 g/mol. The van der Waals surface area contributed by atoms with Crippen molar-refractivity contribution in [2.75, 3.05) is 0 Å². The molecule has 0 aliphatic rings. The SMILES string of the molecule is c1ccc(-n2c3ccccc3c3cc4c5c6c7ccncc7n7c8cccnc8nc7c6ccc5n(-c5ccccc5)c4cc32)cc1. The van der Waals surface area contributed by atoms with Gasteiger partial charge in [0.1, 0.15) is 5.65 Å². The van der Waals surface area contributed by atoms with Crippen LogP contribution in [0.5, 0.6) is 0 Å². The Bertz CT molecular complexity index is 3060. The van der Waals surface area contributed by atoms with Crippen LogP contribution < -0.4 is 0 Å². The maximum absolute atomic E-state index is 5.09. The molecule has 0 fully saturated rings. The second-order valence-electron chi connectivity index (χ2n) is 12.1. The molecule has 5 aromatic carbocycles. The van der Waals surface area contributed by atoms with Crippen LogP contribution in [0.15, 0.2) is 146 Å². The minimum atomic E-state index is 0.729. The van der Waals surface area contributed by atoms with Gasteiger partial charge in [0.05, 0.1) is 39.3 Å². The van der Waals surface area contributed by atoms with E-state index in [1.807, 2.05) is 18.5 Å². The molecule has 0 radical (unpaired) electrons. The maximum Gasteiger partial charge on any atom is 0.178 e. The smallest absolute Gasteiger partial charge is 0.178 e. The van der Waals surface area contributed by atoms with Gasteiger partial charge < -0.3 is 9.13 Å². The van der Waals surface area contributed by atoms with E-state index in [1.54, 1.807) is 6.20 Å². The first-order valence-electron chi connectivity index (χ1n) is 15.8. The Hall–Kier alpha value is -6.53. The summed E-state index contributed by atoms with van der Waals surface area (Å²) < 4.78 is 7.02. The highest BCUT2D eigenvalue weighted by Crippen LogP contribution is 2.44. The summed E-state index contributed by atoms with van der Waals surface area (Å²) >= 11 is 0. The monoisotopic (exact) mass is 600 g/mol. The van der Waals surface area contributed by atoms with Crippen molar-refractivity contribution in [2.24, 2.45) is 0 Å². The molecule has 11 aromatic rings. The van der Waals surface area contributed by atoms with Gasteiger partial charge in [-0.3, -0.25) is 9.38 Å². The predicted octanol–water partition coefficient (Wildman–Crippen LogP) is 9.78. The first kappa shape index (κ1) is 24.8. The van der Waals surface area contributed by atoms with Crippen LogP contribution in [0.1, 0.15) is 0 Å². The van der Waals surface area contributed by atoms with Gasteiger partial charge in [-0.2, -0.15) is 0 Å². The van der Waals surface area contributed by atoms with Crippen molar-refractivity contribution < 1.29 is 0 Å². The molecule has 6 aromatic heterocycles. The lowest BCUT2D eigenvalue weighted by atomic mass is 10.00. The van der Waals surface area contributed by atoms with Gasteiger partial charge in [-0.1, -0.05) is 54.6 Å². The van der Waals surface area contributed by atoms with Crippen LogP contribution in [-0.4, -0.2) is 28.5 Å². The number of imidazole rings is 1. The Morgan fingerprint density at radius 1 is 0.426 bits per heavy atom. The van der Waals surface area contributed by atoms with Gasteiger partial charge in [0.2, 0.25) is 0 Å². The van der Waals surface area contributed by atoms with Crippen LogP contribution in [0.25, 0.3) is 93.5 Å². The Kier molecular flexibility index (Phi) is 4.75. The molecular formula is C41H24N6. The summed E-state index contributed by atoms with van der Waals surface area (Å²) in [6.07, 6.45) is 5.66. The van der Waals surface area contributed by atoms with Crippen LogP contribution in [0.2, 0.25) is 0 Å². The molecule has 6 nitrogen and oxygen atoms in total. The second kappa shape index (κ2) is 9.02. The molecule has 47 heavy (non-hydrogen) atoms. The molecule has 6 heteroatoms. The molecule has 0 saturated carbocycles. The second-order valence-corrected chi connectivity index (χ2v) is 12.1. The number of nitrogens with zero attached hydrogens (tertiary/aromatic N) is 6. The zero-order valence-corrected chi connectivity index (χ0v) is 25.0. The Morgan fingerprint density at radius 2 is 1.15 bits per heavy atom. The third-order valence-corrected chi connectivity index (χ3v) is 9.74. The molecule has 0 aliphatic heterocycles. The normalized spacial score (nSPS) is 12.3. The fourth-order valence-corrected chi connectivity index (χ4v) is 7.86. The van der Waals surface area contributed by atoms with Crippen molar-refractivity contribution in [2.45, 2.75) is 0 Å². The lowest BCUT2D eigenvalue weighted by molar-refractivity contribution is 1.16. The highest BCUT2D eigenvalue weighted by atomic mass is 15.1. The summed E-state index contributed by atoms with van der Waals surface area (Å²) in [5.41, 5.74) is 10.5. The zero-order valence-electron chi connectivity index (χ0n) is 25.0. The molecule has 11 rings (SSSR count). The molecule has 0 N–H and O–H groups in total. The molecule has 0 aliphatic carbocycles. The van der Waals surface area contributed by atoms with Crippen LogP contribution in [0, 0.1) is 0 Å². The first-order valence-corrected chi connectivity index (χ1v) is 15.8. The van der Waals surface area contributed by atoms with Gasteiger partial charge in [-0.15, -0.1) is 0 Å². The van der Waals surface area contributed by atoms with Gasteiger partial charge in [0, 0.05) is 61.5 Å². The quantitative estimate of drug-likeness (QED) is 0.186. The number of benzene rings is 5. The van der Waals surface area contributed by atoms with E-state index in [9.17, 15) is 0 Å². The number of pyridine rings is 3. The molecule has 0 saturated heterocycles. The molecule has 0 atom stereocenters. The molecule has 0 bridgehead atoms. The average molecular weight is 601 g/mol. The third kappa shape index (κ3) is 3.21. The van der Waals surface area contributed by atoms with E-state index < -0.39 is 0 Å². The van der Waals surface area contributed by atoms with Gasteiger partial charge in [-0.05, 0) is 72.8 Å². The highest BCUT2D eigenvalue weighted by Gasteiger charge is 2.23. The van der Waals surface area contributed by atoms with Crippen LogP contribution in [0.3, 0.4) is 0 Å². The summed E-state index contributed by atoms with van der Waals surface area (Å²) in [6.45, 7) is 0. The van der Waals surface area contributed by atoms with E-state index in [0.29, 0.717) is 0 Å². The van der Waals surface area contributed by atoms with E-state index in [4.69, 9.17) is 4.98 Å². The summed E-state index contributed by atoms with van der Waals surface area (Å²) in [5.74, 6) is 0. The van der Waals surface area contributed by atoms with Gasteiger partial charge in [-0.25, -0.2) is 9.97 Å². The van der Waals surface area contributed by atoms with E-state index >= 15 is 0 Å². The fourth-order valence-electron chi connectivity index (χ4n) is 7.86. The zero-order chi connectivity index (χ0) is 30.6. The Labute approximate surface area is 267 Å². The molecule has 218 valence electrons. The Morgan fingerprint density at radius 3 is 1.98 bits per heavy atom. The molecule has 6 heterocycles. The van der Waals surface area contributed by atoms with E-state index in [2.05, 4.69) is 145 Å². The van der Waals surface area contributed by atoms with E-state index in [1.165, 1.54) is 38.0 Å². The average Bonchev–Trinajstić information content (AvgIpc) is 3.79. The van der Waals surface area contributed by atoms with E-state index in [0.717, 1.165) is 55.5 Å². The van der Waals surface area contributed by atoms with Crippen LogP contribution in [-0.2, 0) is 0 Å². The van der Waals surface area contributed by atoms with Crippen LogP contribution in [0.4, 0.5) is 0 Å².